The van der Waals surface area contributed by atoms with Crippen molar-refractivity contribution in [3.05, 3.63) is 109 Å². The molecule has 1 atom stereocenters. The smallest absolute Gasteiger partial charge is 0.306 e. The summed E-state index contributed by atoms with van der Waals surface area (Å²) in [6.45, 7) is 6.40. The van der Waals surface area contributed by atoms with Crippen molar-refractivity contribution in [3.63, 3.8) is 0 Å². The van der Waals surface area contributed by atoms with Crippen LogP contribution < -0.4 is 0 Å². The van der Waals surface area contributed by atoms with Gasteiger partial charge in [0, 0.05) is 19.3 Å². The van der Waals surface area contributed by atoms with Crippen molar-refractivity contribution in [1.29, 1.82) is 0 Å². The van der Waals surface area contributed by atoms with Gasteiger partial charge in [-0.25, -0.2) is 0 Å². The monoisotopic (exact) mass is 929 g/mol. The van der Waals surface area contributed by atoms with E-state index < -0.39 is 6.10 Å². The van der Waals surface area contributed by atoms with Gasteiger partial charge in [0.2, 0.25) is 0 Å². The number of carbonyl (C=O) groups is 3. The summed E-state index contributed by atoms with van der Waals surface area (Å²) in [5, 5.41) is 0. The highest BCUT2D eigenvalue weighted by molar-refractivity contribution is 5.71. The SMILES string of the molecule is CCC=CCC=CCC=CCC=CCC=CCC=CCCC(=O)OCC(COC(=O)CCCCCCCC=CCC=CCCCCC)OC(=O)CCCCCCCC=CCCCCCCCC. The van der Waals surface area contributed by atoms with E-state index in [-0.39, 0.29) is 37.5 Å². The van der Waals surface area contributed by atoms with Crippen molar-refractivity contribution in [3.8, 4) is 0 Å². The standard InChI is InChI=1S/C61H100O6/c1-4-7-10-13-16-19-22-25-28-29-30-31-34-36-39-42-45-48-51-54-60(63)66-57-58(67-61(64)55-52-49-46-43-40-37-33-27-24-21-18-15-12-9-6-3)56-65-59(62)53-50-47-44-41-38-35-32-26-23-20-17-14-11-8-5-2/h7,10,16-17,19-20,25-28,30-33,36,39,45,48,58H,4-6,8-9,11-15,18,21-24,29,34-35,37-38,40-44,46-47,49-57H2,1-3H3. The Morgan fingerprint density at radius 3 is 1.04 bits per heavy atom. The Bertz CT molecular complexity index is 1390. The number of esters is 3. The zero-order valence-electron chi connectivity index (χ0n) is 43.4. The molecule has 0 saturated carbocycles. The van der Waals surface area contributed by atoms with Gasteiger partial charge < -0.3 is 14.2 Å². The van der Waals surface area contributed by atoms with Gasteiger partial charge in [-0.05, 0) is 116 Å². The molecule has 0 aromatic rings. The lowest BCUT2D eigenvalue weighted by atomic mass is 10.1. The highest BCUT2D eigenvalue weighted by Gasteiger charge is 2.19. The molecule has 6 heteroatoms. The molecule has 6 nitrogen and oxygen atoms in total. The van der Waals surface area contributed by atoms with Crippen LogP contribution in [0.2, 0.25) is 0 Å². The summed E-state index contributed by atoms with van der Waals surface area (Å²) < 4.78 is 16.7. The number of carbonyl (C=O) groups excluding carboxylic acids is 3. The second-order valence-electron chi connectivity index (χ2n) is 17.7. The van der Waals surface area contributed by atoms with E-state index in [0.29, 0.717) is 19.3 Å². The van der Waals surface area contributed by atoms with Gasteiger partial charge in [-0.2, -0.15) is 0 Å². The molecule has 380 valence electrons. The van der Waals surface area contributed by atoms with Crippen LogP contribution in [0.1, 0.15) is 239 Å². The molecule has 0 N–H and O–H groups in total. The summed E-state index contributed by atoms with van der Waals surface area (Å²) in [5.41, 5.74) is 0. The van der Waals surface area contributed by atoms with Crippen molar-refractivity contribution in [2.24, 2.45) is 0 Å². The van der Waals surface area contributed by atoms with Crippen LogP contribution in [0.3, 0.4) is 0 Å². The quantitative estimate of drug-likeness (QED) is 0.0262. The molecule has 0 bridgehead atoms. The van der Waals surface area contributed by atoms with E-state index in [1.54, 1.807) is 0 Å². The Kier molecular flexibility index (Phi) is 51.5. The molecule has 67 heavy (non-hydrogen) atoms. The highest BCUT2D eigenvalue weighted by Crippen LogP contribution is 2.13. The summed E-state index contributed by atoms with van der Waals surface area (Å²) in [6, 6.07) is 0. The largest absolute Gasteiger partial charge is 0.462 e. The Balaban J connectivity index is 4.55. The molecule has 0 aromatic heterocycles. The minimum atomic E-state index is -0.820. The Morgan fingerprint density at radius 2 is 0.612 bits per heavy atom. The normalized spacial score (nSPS) is 12.9. The molecular weight excluding hydrogens is 829 g/mol. The average molecular weight is 929 g/mol. The van der Waals surface area contributed by atoms with E-state index >= 15 is 0 Å². The summed E-state index contributed by atoms with van der Waals surface area (Å²) in [4.78, 5) is 38.0. The van der Waals surface area contributed by atoms with Crippen molar-refractivity contribution in [2.75, 3.05) is 13.2 Å². The van der Waals surface area contributed by atoms with Gasteiger partial charge in [0.05, 0.1) is 0 Å². The number of unbranched alkanes of at least 4 members (excludes halogenated alkanes) is 19. The fraction of sp³-hybridized carbons (Fsp3) is 0.656. The Labute approximate surface area is 412 Å². The maximum absolute atomic E-state index is 12.8. The topological polar surface area (TPSA) is 78.9 Å². The predicted molar refractivity (Wildman–Crippen MR) is 288 cm³/mol. The molecule has 0 aliphatic rings. The maximum Gasteiger partial charge on any atom is 0.306 e. The Morgan fingerprint density at radius 1 is 0.313 bits per heavy atom. The number of allylic oxidation sites excluding steroid dienone is 18. The molecule has 0 aliphatic heterocycles. The maximum atomic E-state index is 12.8. The van der Waals surface area contributed by atoms with Crippen molar-refractivity contribution in [1.82, 2.24) is 0 Å². The number of rotatable bonds is 48. The van der Waals surface area contributed by atoms with Crippen LogP contribution in [-0.2, 0) is 28.6 Å². The summed E-state index contributed by atoms with van der Waals surface area (Å²) in [6.07, 6.45) is 73.7. The van der Waals surface area contributed by atoms with Crippen LogP contribution in [0, 0.1) is 0 Å². The van der Waals surface area contributed by atoms with E-state index in [2.05, 4.69) is 124 Å². The first-order chi connectivity index (χ1) is 33.0. The summed E-state index contributed by atoms with van der Waals surface area (Å²) in [5.74, 6) is -1.02. The molecule has 0 amide bonds. The van der Waals surface area contributed by atoms with Crippen LogP contribution in [-0.4, -0.2) is 37.2 Å². The minimum absolute atomic E-state index is 0.113. The van der Waals surface area contributed by atoms with Gasteiger partial charge in [0.15, 0.2) is 6.10 Å². The first kappa shape index (κ1) is 63.1. The molecule has 0 spiro atoms. The first-order valence-corrected chi connectivity index (χ1v) is 27.4. The third kappa shape index (κ3) is 52.9. The molecule has 0 aromatic carbocycles. The molecule has 0 aliphatic carbocycles. The molecule has 1 unspecified atom stereocenters. The van der Waals surface area contributed by atoms with E-state index in [0.717, 1.165) is 116 Å². The zero-order valence-corrected chi connectivity index (χ0v) is 43.4. The van der Waals surface area contributed by atoms with Crippen LogP contribution in [0.25, 0.3) is 0 Å². The third-order valence-corrected chi connectivity index (χ3v) is 11.2. The predicted octanol–water partition coefficient (Wildman–Crippen LogP) is 18.3. The minimum Gasteiger partial charge on any atom is -0.462 e. The van der Waals surface area contributed by atoms with E-state index in [9.17, 15) is 14.4 Å². The lowest BCUT2D eigenvalue weighted by Crippen LogP contribution is -2.30. The molecule has 0 fully saturated rings. The molecule has 0 rings (SSSR count). The van der Waals surface area contributed by atoms with E-state index in [1.165, 1.54) is 77.0 Å². The van der Waals surface area contributed by atoms with Gasteiger partial charge >= 0.3 is 17.9 Å². The number of hydrogen-bond acceptors (Lipinski definition) is 6. The fourth-order valence-electron chi connectivity index (χ4n) is 7.14. The van der Waals surface area contributed by atoms with Crippen molar-refractivity contribution in [2.45, 2.75) is 245 Å². The Hall–Kier alpha value is -3.93. The lowest BCUT2D eigenvalue weighted by molar-refractivity contribution is -0.166. The average Bonchev–Trinajstić information content (AvgIpc) is 3.33. The first-order valence-electron chi connectivity index (χ1n) is 27.4. The van der Waals surface area contributed by atoms with Crippen LogP contribution in [0.4, 0.5) is 0 Å². The van der Waals surface area contributed by atoms with Crippen molar-refractivity contribution < 1.29 is 28.6 Å². The fourth-order valence-corrected chi connectivity index (χ4v) is 7.14. The number of hydrogen-bond donors (Lipinski definition) is 0. The van der Waals surface area contributed by atoms with Gasteiger partial charge in [-0.3, -0.25) is 14.4 Å². The lowest BCUT2D eigenvalue weighted by Gasteiger charge is -2.18. The van der Waals surface area contributed by atoms with Crippen LogP contribution >= 0.6 is 0 Å². The van der Waals surface area contributed by atoms with Gasteiger partial charge in [-0.1, -0.05) is 214 Å². The van der Waals surface area contributed by atoms with Crippen LogP contribution in [0.5, 0.6) is 0 Å². The second kappa shape index (κ2) is 54.7. The molecule has 0 heterocycles. The molecule has 0 saturated heterocycles. The van der Waals surface area contributed by atoms with E-state index in [4.69, 9.17) is 14.2 Å². The van der Waals surface area contributed by atoms with Gasteiger partial charge in [-0.15, -0.1) is 0 Å². The second-order valence-corrected chi connectivity index (χ2v) is 17.7. The highest BCUT2D eigenvalue weighted by atomic mass is 16.6. The van der Waals surface area contributed by atoms with E-state index in [1.807, 2.05) is 6.08 Å². The third-order valence-electron chi connectivity index (χ3n) is 11.2. The van der Waals surface area contributed by atoms with Gasteiger partial charge in [0.1, 0.15) is 13.2 Å². The summed E-state index contributed by atoms with van der Waals surface area (Å²) in [7, 11) is 0. The van der Waals surface area contributed by atoms with Crippen molar-refractivity contribution >= 4 is 17.9 Å². The summed E-state index contributed by atoms with van der Waals surface area (Å²) >= 11 is 0. The number of ether oxygens (including phenoxy) is 3. The molecule has 0 radical (unpaired) electrons. The van der Waals surface area contributed by atoms with Crippen LogP contribution in [0.15, 0.2) is 109 Å². The zero-order chi connectivity index (χ0) is 48.6. The van der Waals surface area contributed by atoms with Gasteiger partial charge in [0.25, 0.3) is 0 Å². The molecular formula is C61H100O6.